The van der Waals surface area contributed by atoms with E-state index < -0.39 is 23.4 Å². The summed E-state index contributed by atoms with van der Waals surface area (Å²) < 4.78 is 1.64. The SMILES string of the molecule is CCCCn1cccc1C1(O)C(=O)NC(=O)NC1=O. The molecule has 7 heteroatoms. The zero-order chi connectivity index (χ0) is 14.0. The number of urea groups is 1. The lowest BCUT2D eigenvalue weighted by Gasteiger charge is -2.29. The molecule has 0 spiro atoms. The molecule has 4 amide bonds. The van der Waals surface area contributed by atoms with E-state index in [4.69, 9.17) is 0 Å². The summed E-state index contributed by atoms with van der Waals surface area (Å²) >= 11 is 0. The molecule has 0 saturated carbocycles. The molecule has 1 fully saturated rings. The first kappa shape index (κ1) is 13.3. The Kier molecular flexibility index (Phi) is 3.39. The number of hydrogen-bond acceptors (Lipinski definition) is 4. The van der Waals surface area contributed by atoms with Crippen LogP contribution >= 0.6 is 0 Å². The Hall–Kier alpha value is -2.15. The van der Waals surface area contributed by atoms with Crippen LogP contribution in [0.5, 0.6) is 0 Å². The number of aryl methyl sites for hydroxylation is 1. The molecule has 0 aliphatic carbocycles. The summed E-state index contributed by atoms with van der Waals surface area (Å²) in [5, 5.41) is 14.2. The van der Waals surface area contributed by atoms with Crippen LogP contribution in [0.2, 0.25) is 0 Å². The number of aromatic nitrogens is 1. The molecule has 0 bridgehead atoms. The molecule has 2 heterocycles. The van der Waals surface area contributed by atoms with Crippen molar-refractivity contribution in [1.82, 2.24) is 15.2 Å². The minimum atomic E-state index is -2.37. The number of nitrogens with one attached hydrogen (secondary N) is 2. The Morgan fingerprint density at radius 3 is 2.47 bits per heavy atom. The van der Waals surface area contributed by atoms with E-state index in [-0.39, 0.29) is 5.69 Å². The highest BCUT2D eigenvalue weighted by molar-refractivity contribution is 6.21. The van der Waals surface area contributed by atoms with Crippen LogP contribution in [0.3, 0.4) is 0 Å². The van der Waals surface area contributed by atoms with Crippen molar-refractivity contribution in [3.63, 3.8) is 0 Å². The molecule has 19 heavy (non-hydrogen) atoms. The molecule has 1 saturated heterocycles. The number of hydrogen-bond donors (Lipinski definition) is 3. The van der Waals surface area contributed by atoms with Gasteiger partial charge in [0.15, 0.2) is 0 Å². The zero-order valence-electron chi connectivity index (χ0n) is 10.5. The lowest BCUT2D eigenvalue weighted by molar-refractivity contribution is -0.156. The van der Waals surface area contributed by atoms with Gasteiger partial charge in [-0.3, -0.25) is 20.2 Å². The molecular weight excluding hydrogens is 250 g/mol. The van der Waals surface area contributed by atoms with Crippen molar-refractivity contribution in [1.29, 1.82) is 0 Å². The van der Waals surface area contributed by atoms with E-state index in [2.05, 4.69) is 0 Å². The van der Waals surface area contributed by atoms with Gasteiger partial charge >= 0.3 is 6.03 Å². The first-order valence-electron chi connectivity index (χ1n) is 6.05. The maximum absolute atomic E-state index is 11.8. The summed E-state index contributed by atoms with van der Waals surface area (Å²) in [6.07, 6.45) is 3.47. The van der Waals surface area contributed by atoms with Crippen LogP contribution in [0, 0.1) is 0 Å². The van der Waals surface area contributed by atoms with E-state index in [1.54, 1.807) is 16.8 Å². The fourth-order valence-electron chi connectivity index (χ4n) is 2.02. The number of barbiturate groups is 1. The second kappa shape index (κ2) is 4.85. The lowest BCUT2D eigenvalue weighted by Crippen LogP contribution is -2.65. The van der Waals surface area contributed by atoms with Gasteiger partial charge in [-0.15, -0.1) is 0 Å². The van der Waals surface area contributed by atoms with E-state index in [0.717, 1.165) is 12.8 Å². The number of rotatable bonds is 4. The van der Waals surface area contributed by atoms with Crippen molar-refractivity contribution in [2.75, 3.05) is 0 Å². The van der Waals surface area contributed by atoms with Gasteiger partial charge in [0.1, 0.15) is 0 Å². The summed E-state index contributed by atoms with van der Waals surface area (Å²) in [5.41, 5.74) is -2.21. The van der Waals surface area contributed by atoms with Crippen molar-refractivity contribution in [3.05, 3.63) is 24.0 Å². The van der Waals surface area contributed by atoms with Gasteiger partial charge in [0.2, 0.25) is 0 Å². The van der Waals surface area contributed by atoms with Gasteiger partial charge in [-0.2, -0.15) is 0 Å². The molecule has 0 unspecified atom stereocenters. The second-order valence-corrected chi connectivity index (χ2v) is 4.39. The molecule has 1 aromatic rings. The molecule has 2 rings (SSSR count). The minimum Gasteiger partial charge on any atom is -0.367 e. The summed E-state index contributed by atoms with van der Waals surface area (Å²) in [7, 11) is 0. The topological polar surface area (TPSA) is 100 Å². The van der Waals surface area contributed by atoms with E-state index in [0.29, 0.717) is 6.54 Å². The Morgan fingerprint density at radius 2 is 1.89 bits per heavy atom. The molecular formula is C12H15N3O4. The molecule has 0 aromatic carbocycles. The second-order valence-electron chi connectivity index (χ2n) is 4.39. The monoisotopic (exact) mass is 265 g/mol. The van der Waals surface area contributed by atoms with Crippen LogP contribution in [0.4, 0.5) is 4.79 Å². The van der Waals surface area contributed by atoms with Crippen molar-refractivity contribution < 1.29 is 19.5 Å². The maximum atomic E-state index is 11.8. The first-order valence-corrected chi connectivity index (χ1v) is 6.05. The average molecular weight is 265 g/mol. The van der Waals surface area contributed by atoms with Gasteiger partial charge in [-0.1, -0.05) is 13.3 Å². The smallest absolute Gasteiger partial charge is 0.328 e. The molecule has 0 radical (unpaired) electrons. The van der Waals surface area contributed by atoms with Crippen molar-refractivity contribution in [3.8, 4) is 0 Å². The van der Waals surface area contributed by atoms with E-state index in [1.165, 1.54) is 6.07 Å². The van der Waals surface area contributed by atoms with E-state index >= 15 is 0 Å². The average Bonchev–Trinajstić information content (AvgIpc) is 2.81. The zero-order valence-corrected chi connectivity index (χ0v) is 10.5. The molecule has 1 aliphatic heterocycles. The Balaban J connectivity index is 2.38. The van der Waals surface area contributed by atoms with Crippen molar-refractivity contribution in [2.45, 2.75) is 31.9 Å². The highest BCUT2D eigenvalue weighted by Gasteiger charge is 2.52. The minimum absolute atomic E-state index is 0.156. The summed E-state index contributed by atoms with van der Waals surface area (Å²) in [6, 6.07) is 2.20. The van der Waals surface area contributed by atoms with Gasteiger partial charge in [0.25, 0.3) is 17.4 Å². The normalized spacial score (nSPS) is 18.1. The third-order valence-corrected chi connectivity index (χ3v) is 3.06. The van der Waals surface area contributed by atoms with Crippen LogP contribution in [0.1, 0.15) is 25.5 Å². The highest BCUT2D eigenvalue weighted by atomic mass is 16.3. The highest BCUT2D eigenvalue weighted by Crippen LogP contribution is 2.25. The number of aliphatic hydroxyl groups is 1. The van der Waals surface area contributed by atoms with Gasteiger partial charge < -0.3 is 9.67 Å². The number of carbonyl (C=O) groups excluding carboxylic acids is 3. The van der Waals surface area contributed by atoms with Crippen LogP contribution in [-0.2, 0) is 21.7 Å². The number of nitrogens with zero attached hydrogens (tertiary/aromatic N) is 1. The Bertz CT molecular complexity index is 515. The van der Waals surface area contributed by atoms with Gasteiger partial charge in [-0.25, -0.2) is 4.79 Å². The third kappa shape index (κ3) is 2.12. The third-order valence-electron chi connectivity index (χ3n) is 3.06. The van der Waals surface area contributed by atoms with E-state index in [9.17, 15) is 19.5 Å². The molecule has 0 atom stereocenters. The van der Waals surface area contributed by atoms with Crippen molar-refractivity contribution in [2.24, 2.45) is 0 Å². The van der Waals surface area contributed by atoms with Crippen molar-refractivity contribution >= 4 is 17.8 Å². The fraction of sp³-hybridized carbons (Fsp3) is 0.417. The Labute approximate surface area is 109 Å². The van der Waals surface area contributed by atoms with Crippen LogP contribution in [0.15, 0.2) is 18.3 Å². The largest absolute Gasteiger partial charge is 0.367 e. The molecule has 1 aliphatic rings. The van der Waals surface area contributed by atoms with Crippen LogP contribution in [-0.4, -0.2) is 27.5 Å². The Morgan fingerprint density at radius 1 is 1.26 bits per heavy atom. The number of amides is 4. The van der Waals surface area contributed by atoms with Gasteiger partial charge in [-0.05, 0) is 18.6 Å². The fourth-order valence-corrected chi connectivity index (χ4v) is 2.02. The number of imide groups is 2. The van der Waals surface area contributed by atoms with Gasteiger partial charge in [0.05, 0.1) is 5.69 Å². The standard InChI is InChI=1S/C12H15N3O4/c1-2-3-6-15-7-4-5-8(15)12(19)9(16)13-11(18)14-10(12)17/h4-5,7,19H,2-3,6H2,1H3,(H2,13,14,16,17,18). The summed E-state index contributed by atoms with van der Waals surface area (Å²) in [6.45, 7) is 2.59. The summed E-state index contributed by atoms with van der Waals surface area (Å²) in [4.78, 5) is 34.6. The van der Waals surface area contributed by atoms with E-state index in [1.807, 2.05) is 17.6 Å². The predicted octanol–water partition coefficient (Wildman–Crippen LogP) is -0.158. The molecule has 7 nitrogen and oxygen atoms in total. The molecule has 102 valence electrons. The van der Waals surface area contributed by atoms with Gasteiger partial charge in [0, 0.05) is 12.7 Å². The van der Waals surface area contributed by atoms with Crippen LogP contribution in [0.25, 0.3) is 0 Å². The predicted molar refractivity (Wildman–Crippen MR) is 64.9 cm³/mol. The maximum Gasteiger partial charge on any atom is 0.328 e. The van der Waals surface area contributed by atoms with Crippen LogP contribution < -0.4 is 10.6 Å². The quantitative estimate of drug-likeness (QED) is 0.659. The lowest BCUT2D eigenvalue weighted by atomic mass is 9.95. The summed E-state index contributed by atoms with van der Waals surface area (Å²) in [5.74, 6) is -2.06. The number of unbranched alkanes of at least 4 members (excludes halogenated alkanes) is 1. The molecule has 3 N–H and O–H groups in total. The number of carbonyl (C=O) groups is 3. The first-order chi connectivity index (χ1) is 9.00. The molecule has 1 aromatic heterocycles.